The Hall–Kier alpha value is -14.8. The Morgan fingerprint density at radius 3 is 2.01 bits per heavy atom. The highest BCUT2D eigenvalue weighted by Crippen LogP contribution is 2.24. The maximum absolute atomic E-state index is 15.2. The minimum absolute atomic E-state index is 0.0204. The van der Waals surface area contributed by atoms with E-state index in [0.717, 1.165) is 18.1 Å². The first-order valence-corrected chi connectivity index (χ1v) is 45.6. The highest BCUT2D eigenvalue weighted by Gasteiger charge is 2.38. The number of amides is 10. The van der Waals surface area contributed by atoms with Crippen molar-refractivity contribution in [2.45, 2.75) is 224 Å². The third-order valence-electron chi connectivity index (χ3n) is 23.1. The van der Waals surface area contributed by atoms with Crippen molar-refractivity contribution in [2.75, 3.05) is 43.9 Å². The monoisotopic (exact) mass is 1910 g/mol. The van der Waals surface area contributed by atoms with E-state index in [1.165, 1.54) is 61.2 Å². The number of benzene rings is 3. The number of anilines is 2. The Bertz CT molecular complexity index is 5530. The van der Waals surface area contributed by atoms with Crippen LogP contribution in [0.3, 0.4) is 0 Å². The number of fused-ring (bicyclic) bond motifs is 3. The number of nitrogens with zero attached hydrogens (tertiary/aromatic N) is 8. The number of nitrogens with one attached hydrogen (secondary N) is 14. The largest absolute Gasteiger partial charge is 0.481 e. The predicted molar refractivity (Wildman–Crippen MR) is 494 cm³/mol. The number of imidazole rings is 2. The molecule has 0 saturated carbocycles. The Kier molecular flexibility index (Phi) is 42.3. The number of H-pyrrole nitrogens is 3. The second kappa shape index (κ2) is 54.7. The molecule has 8 aromatic rings. The van der Waals surface area contributed by atoms with Crippen molar-refractivity contribution in [1.29, 1.82) is 0 Å². The summed E-state index contributed by atoms with van der Waals surface area (Å²) in [5.74, 6) is -14.6. The zero-order chi connectivity index (χ0) is 99.7. The van der Waals surface area contributed by atoms with E-state index in [1.54, 1.807) is 42.5 Å². The number of aliphatic carboxylic acids is 2. The lowest BCUT2D eigenvalue weighted by Gasteiger charge is -2.27. The number of aryl methyl sites for hydroxylation is 3. The van der Waals surface area contributed by atoms with Gasteiger partial charge in [0.25, 0.3) is 5.56 Å². The predicted octanol–water partition coefficient (Wildman–Crippen LogP) is -0.338. The van der Waals surface area contributed by atoms with Gasteiger partial charge in [-0.05, 0) is 133 Å². The molecule has 0 aliphatic carbocycles. The molecule has 0 fully saturated rings. The zero-order valence-electron chi connectivity index (χ0n) is 76.8. The summed E-state index contributed by atoms with van der Waals surface area (Å²) in [5, 5.41) is 80.3. The van der Waals surface area contributed by atoms with Gasteiger partial charge in [0.15, 0.2) is 34.3 Å². The summed E-state index contributed by atoms with van der Waals surface area (Å²) >= 11 is 0. The number of carbonyl (C=O) groups is 16. The Morgan fingerprint density at radius 1 is 0.645 bits per heavy atom. The number of unbranched alkanes of at least 4 members (excludes halogenated alkanes) is 2. The maximum Gasteiger partial charge on any atom is 0.326 e. The first-order valence-electron chi connectivity index (χ1n) is 45.6. The second-order valence-corrected chi connectivity index (χ2v) is 34.1. The molecule has 46 heteroatoms. The van der Waals surface area contributed by atoms with Crippen LogP contribution in [-0.4, -0.2) is 251 Å². The van der Waals surface area contributed by atoms with Gasteiger partial charge in [-0.15, -0.1) is 5.10 Å². The fourth-order valence-corrected chi connectivity index (χ4v) is 15.3. The number of aromatic nitrogens is 11. The van der Waals surface area contributed by atoms with E-state index < -0.39 is 231 Å². The maximum atomic E-state index is 15.2. The highest BCUT2D eigenvalue weighted by molar-refractivity contribution is 6.01. The van der Waals surface area contributed by atoms with Crippen molar-refractivity contribution in [1.82, 2.24) is 108 Å². The average molecular weight is 1910 g/mol. The Labute approximate surface area is 792 Å². The minimum atomic E-state index is -1.85. The molecule has 0 radical (unpaired) electrons. The fraction of sp³-hybridized carbons (Fsp3) is 0.478. The molecule has 5 aromatic heterocycles. The average Bonchev–Trinajstić information content (AvgIpc) is 1.09. The van der Waals surface area contributed by atoms with Gasteiger partial charge in [-0.1, -0.05) is 71.8 Å². The fourth-order valence-electron chi connectivity index (χ4n) is 15.3. The lowest BCUT2D eigenvalue weighted by atomic mass is 9.90. The van der Waals surface area contributed by atoms with Crippen molar-refractivity contribution in [2.24, 2.45) is 29.6 Å². The Balaban J connectivity index is 0.957. The van der Waals surface area contributed by atoms with Crippen LogP contribution < -0.4 is 75.7 Å². The third kappa shape index (κ3) is 35.5. The van der Waals surface area contributed by atoms with E-state index in [9.17, 15) is 97.1 Å². The quantitative estimate of drug-likeness (QED) is 0.0132. The van der Waals surface area contributed by atoms with E-state index in [2.05, 4.69) is 114 Å². The first kappa shape index (κ1) is 107. The number of hydrogen-bond acceptors (Lipinski definition) is 30. The molecule has 1 aliphatic rings. The van der Waals surface area contributed by atoms with Gasteiger partial charge >= 0.3 is 11.9 Å². The van der Waals surface area contributed by atoms with E-state index in [0.29, 0.717) is 42.6 Å². The Morgan fingerprint density at radius 2 is 1.34 bits per heavy atom. The van der Waals surface area contributed by atoms with Gasteiger partial charge in [0.1, 0.15) is 42.9 Å². The topological polar surface area (TPSA) is 707 Å². The van der Waals surface area contributed by atoms with Crippen molar-refractivity contribution < 1.29 is 102 Å². The summed E-state index contributed by atoms with van der Waals surface area (Å²) in [6.45, 7) is 2.67. The summed E-state index contributed by atoms with van der Waals surface area (Å²) in [6.07, 6.45) is 4.24. The molecule has 138 heavy (non-hydrogen) atoms. The van der Waals surface area contributed by atoms with Crippen LogP contribution >= 0.6 is 0 Å². The molecule has 2 bridgehead atoms. The molecule has 9 rings (SSSR count). The van der Waals surface area contributed by atoms with Crippen molar-refractivity contribution in [3.63, 3.8) is 0 Å². The van der Waals surface area contributed by atoms with Crippen LogP contribution in [0.5, 0.6) is 0 Å². The number of carboxylic acids is 2. The number of aliphatic hydroxyl groups is 2. The van der Waals surface area contributed by atoms with Crippen LogP contribution in [0, 0.1) is 30.6 Å². The number of rotatable bonds is 46. The van der Waals surface area contributed by atoms with E-state index in [1.807, 2.05) is 31.2 Å². The number of Topliss-reactive ketones (excluding diaryl/α,β-unsaturated/α-hetero) is 4. The number of carbonyl (C=O) groups excluding carboxylic acids is 14. The molecule has 0 saturated heterocycles. The number of nitrogen functional groups attached to an aromatic ring is 1. The van der Waals surface area contributed by atoms with Crippen LogP contribution in [0.4, 0.5) is 11.6 Å². The van der Waals surface area contributed by atoms with Crippen LogP contribution in [0.2, 0.25) is 0 Å². The van der Waals surface area contributed by atoms with Gasteiger partial charge in [-0.25, -0.2) is 30.6 Å². The van der Waals surface area contributed by atoms with Gasteiger partial charge in [0, 0.05) is 130 Å². The van der Waals surface area contributed by atoms with Gasteiger partial charge in [0.2, 0.25) is 65.0 Å². The smallest absolute Gasteiger partial charge is 0.326 e. The first-order chi connectivity index (χ1) is 66.2. The number of ketones is 4. The zero-order valence-corrected chi connectivity index (χ0v) is 76.8. The molecule has 46 nitrogen and oxygen atoms in total. The molecule has 0 unspecified atom stereocenters. The van der Waals surface area contributed by atoms with Gasteiger partial charge in [-0.3, -0.25) is 91.2 Å². The molecule has 3 aromatic carbocycles. The standard InChI is InChI=1S/C92H120N24O22/c1-52-21-23-55(24-22-52)16-13-20-76(123)97-31-10-7-17-58(83(127)101-46-67(119)36-60(34-56-14-5-4-6-15-56)84(128)108-69(91(136)137)19-8-11-32-98-78(125)49-138-94)37-74(121)68-18-9-12-33-116-47-65(114-115-116)41-70(106-77(124)30-27-59(90(134)135)38-73(120)57-25-28-62(29-26-57)99-44-66-45-100-81-80(105-66)89(133)113-92(93)112-81)86(130)109-71(40-64-43-96-51-103-64)87(131)110-72(48-117)75(122)39-61(35-63-42-95-50-102-63)85(129)111-79(54(3)118)88(132)104-53(2)82(126)107-68/h4-6,14-15,21-26,28-29,42-43,45,47,50-51,53-54,58-61,68-72,79,99,117-118H,7-13,16-20,27,30-41,44,46,48-49,94H2,1-3H3,(H,95,102)(H,96,103)(H,97,123)(H,98,125)(H,101,127)(H,104,132)(H,106,124)(H,107,126)(H,108,128)(H,109,130)(H,110,131)(H,111,129)(H,134,135)(H,136,137)(H3,93,100,112,113,133)/t53-,54+,58-,59-,60-,61+,68+,69+,70+,71-,72-,79-/m1/s1. The SMILES string of the molecule is Cc1ccc(CCCC(=O)NCCCC[C@H](CC(=O)[C@@H]2CCCCn3cc(nn3)C[C@H](NC(=O)CC[C@H](CC(=O)c3ccc(NCc4cnc5nc(N)[nH]c(=O)c5n4)cc3)C(=O)O)C(=O)N[C@H](Cc3cnc[nH]3)C(=O)N[C@H](CO)C(=O)C[C@H](Cc3cnc[nH]3)C(=O)N[C@H]([C@H](C)O)C(=O)N[C@H](C)C(=O)N2)C(=O)NCC(=O)C[C@@H](Cc2ccccc2)C(=O)N[C@@H](CCCCNC(=O)CON)C(=O)O)cc1. The molecular formula is C92H120N24O22. The van der Waals surface area contributed by atoms with E-state index in [4.69, 9.17) is 11.6 Å². The highest BCUT2D eigenvalue weighted by atomic mass is 16.6. The van der Waals surface area contributed by atoms with Gasteiger partial charge in [0.05, 0.1) is 73.9 Å². The lowest BCUT2D eigenvalue weighted by Crippen LogP contribution is -2.58. The van der Waals surface area contributed by atoms with Crippen LogP contribution in [0.15, 0.2) is 121 Å². The van der Waals surface area contributed by atoms with Crippen molar-refractivity contribution in [3.8, 4) is 0 Å². The summed E-state index contributed by atoms with van der Waals surface area (Å²) < 4.78 is 1.36. The molecule has 1 aliphatic heterocycles. The van der Waals surface area contributed by atoms with Crippen molar-refractivity contribution in [3.05, 3.63) is 172 Å². The summed E-state index contributed by atoms with van der Waals surface area (Å²) in [7, 11) is 0. The van der Waals surface area contributed by atoms with Crippen LogP contribution in [-0.2, 0) is 122 Å². The van der Waals surface area contributed by atoms with E-state index >= 15 is 4.79 Å². The van der Waals surface area contributed by atoms with Crippen LogP contribution in [0.25, 0.3) is 11.2 Å². The molecular weight excluding hydrogens is 1790 g/mol. The van der Waals surface area contributed by atoms with E-state index in [-0.39, 0.29) is 142 Å². The number of aromatic amines is 3. The minimum Gasteiger partial charge on any atom is -0.481 e. The molecule has 10 amide bonds. The van der Waals surface area contributed by atoms with Crippen LogP contribution in [0.1, 0.15) is 173 Å². The molecule has 22 N–H and O–H groups in total. The number of aliphatic hydroxyl groups excluding tert-OH is 2. The molecule has 740 valence electrons. The summed E-state index contributed by atoms with van der Waals surface area (Å²) in [6, 6.07) is 11.1. The summed E-state index contributed by atoms with van der Waals surface area (Å²) in [5.41, 5.74) is 9.42. The second-order valence-electron chi connectivity index (χ2n) is 34.1. The van der Waals surface area contributed by atoms with Gasteiger partial charge < -0.3 is 94.6 Å². The van der Waals surface area contributed by atoms with Crippen molar-refractivity contribution >= 4 is 117 Å². The van der Waals surface area contributed by atoms with Gasteiger partial charge in [-0.2, -0.15) is 4.98 Å². The molecule has 6 heterocycles. The lowest BCUT2D eigenvalue weighted by molar-refractivity contribution is -0.143. The molecule has 0 spiro atoms. The number of nitrogens with two attached hydrogens (primary N) is 2. The normalized spacial score (nSPS) is 18.3. The number of carboxylic acid groups (broad SMARTS) is 2. The summed E-state index contributed by atoms with van der Waals surface area (Å²) in [4.78, 5) is 270. The molecule has 12 atom stereocenters. The number of hydrogen-bond donors (Lipinski definition) is 20. The third-order valence-corrected chi connectivity index (χ3v) is 23.1.